The highest BCUT2D eigenvalue weighted by atomic mass is 14.2. The summed E-state index contributed by atoms with van der Waals surface area (Å²) in [6.07, 6.45) is 15.1. The standard InChI is InChI=1S/C37H30/c1-5-12-31-29(6-2)36-23-27(19-20-34(36)33-18-10-9-17-32(31)33)35-22-26-14-7-8-16-30(25(26)4)37(35)28-15-11-13-24(3)21-28/h5-23H,2H2,1,3-4H3/b12-5-. The molecule has 0 heteroatoms. The predicted octanol–water partition coefficient (Wildman–Crippen LogP) is 10.7. The van der Waals surface area contributed by atoms with Crippen LogP contribution in [-0.2, 0) is 0 Å². The third-order valence-electron chi connectivity index (χ3n) is 7.59. The van der Waals surface area contributed by atoms with Crippen molar-refractivity contribution in [1.82, 2.24) is 0 Å². The fourth-order valence-corrected chi connectivity index (χ4v) is 5.83. The first-order valence-electron chi connectivity index (χ1n) is 12.9. The summed E-state index contributed by atoms with van der Waals surface area (Å²) >= 11 is 0. The average Bonchev–Trinajstić information content (AvgIpc) is 3.02. The number of hydrogen-bond acceptors (Lipinski definition) is 0. The van der Waals surface area contributed by atoms with Gasteiger partial charge in [0.25, 0.3) is 0 Å². The van der Waals surface area contributed by atoms with Gasteiger partial charge in [-0.1, -0.05) is 115 Å². The van der Waals surface area contributed by atoms with Gasteiger partial charge in [-0.05, 0) is 105 Å². The topological polar surface area (TPSA) is 0 Å². The molecule has 0 aliphatic heterocycles. The van der Waals surface area contributed by atoms with Crippen LogP contribution in [0.15, 0.2) is 97.6 Å². The van der Waals surface area contributed by atoms with E-state index in [0.717, 1.165) is 0 Å². The minimum absolute atomic E-state index is 1.18. The van der Waals surface area contributed by atoms with E-state index in [1.54, 1.807) is 0 Å². The third kappa shape index (κ3) is 3.77. The van der Waals surface area contributed by atoms with Gasteiger partial charge in [-0.25, -0.2) is 0 Å². The van der Waals surface area contributed by atoms with Crippen LogP contribution in [0.3, 0.4) is 0 Å². The van der Waals surface area contributed by atoms with Gasteiger partial charge >= 0.3 is 0 Å². The van der Waals surface area contributed by atoms with Crippen LogP contribution in [-0.4, -0.2) is 0 Å². The first-order valence-corrected chi connectivity index (χ1v) is 12.9. The van der Waals surface area contributed by atoms with E-state index in [1.807, 2.05) is 6.08 Å². The summed E-state index contributed by atoms with van der Waals surface area (Å²) in [5, 5.41) is 5.03. The van der Waals surface area contributed by atoms with E-state index in [2.05, 4.69) is 137 Å². The molecule has 5 aromatic rings. The Kier molecular flexibility index (Phi) is 5.74. The molecule has 1 aliphatic rings. The predicted molar refractivity (Wildman–Crippen MR) is 165 cm³/mol. The lowest BCUT2D eigenvalue weighted by Gasteiger charge is -2.20. The van der Waals surface area contributed by atoms with Crippen LogP contribution < -0.4 is 0 Å². The molecule has 0 radical (unpaired) electrons. The largest absolute Gasteiger partial charge is 0.0984 e. The van der Waals surface area contributed by atoms with Crippen molar-refractivity contribution in [3.8, 4) is 22.3 Å². The zero-order chi connectivity index (χ0) is 25.5. The van der Waals surface area contributed by atoms with E-state index < -0.39 is 0 Å². The van der Waals surface area contributed by atoms with Gasteiger partial charge in [0.15, 0.2) is 0 Å². The molecule has 5 aromatic carbocycles. The molecule has 2 bridgehead atoms. The number of aryl methyl sites for hydroxylation is 1. The van der Waals surface area contributed by atoms with Crippen molar-refractivity contribution in [2.45, 2.75) is 20.8 Å². The molecule has 37 heavy (non-hydrogen) atoms. The molecule has 0 saturated carbocycles. The van der Waals surface area contributed by atoms with E-state index in [1.165, 1.54) is 77.2 Å². The molecular formula is C37H30. The zero-order valence-electron chi connectivity index (χ0n) is 21.7. The van der Waals surface area contributed by atoms with Gasteiger partial charge in [-0.3, -0.25) is 0 Å². The highest BCUT2D eigenvalue weighted by molar-refractivity contribution is 6.15. The van der Waals surface area contributed by atoms with Crippen molar-refractivity contribution in [2.24, 2.45) is 0 Å². The number of benzene rings is 5. The summed E-state index contributed by atoms with van der Waals surface area (Å²) in [4.78, 5) is 0. The molecule has 6 rings (SSSR count). The third-order valence-corrected chi connectivity index (χ3v) is 7.59. The lowest BCUT2D eigenvalue weighted by Crippen LogP contribution is -1.96. The summed E-state index contributed by atoms with van der Waals surface area (Å²) in [7, 11) is 0. The molecule has 0 N–H and O–H groups in total. The van der Waals surface area contributed by atoms with Crippen molar-refractivity contribution < 1.29 is 0 Å². The Morgan fingerprint density at radius 3 is 2.24 bits per heavy atom. The average molecular weight is 475 g/mol. The molecule has 178 valence electrons. The molecule has 0 aromatic heterocycles. The first-order chi connectivity index (χ1) is 18.1. The fraction of sp³-hybridized carbons (Fsp3) is 0.0811. The van der Waals surface area contributed by atoms with Crippen LogP contribution in [0.5, 0.6) is 0 Å². The summed E-state index contributed by atoms with van der Waals surface area (Å²) in [5.41, 5.74) is 12.6. The molecule has 1 aliphatic carbocycles. The Balaban J connectivity index is 1.73. The molecule has 0 atom stereocenters. The molecule has 0 heterocycles. The van der Waals surface area contributed by atoms with E-state index in [9.17, 15) is 0 Å². The molecule has 0 unspecified atom stereocenters. The monoisotopic (exact) mass is 474 g/mol. The first kappa shape index (κ1) is 23.0. The maximum absolute atomic E-state index is 4.23. The van der Waals surface area contributed by atoms with Crippen molar-refractivity contribution in [3.05, 3.63) is 131 Å². The number of hydrogen-bond donors (Lipinski definition) is 0. The van der Waals surface area contributed by atoms with E-state index >= 15 is 0 Å². The minimum Gasteiger partial charge on any atom is -0.0984 e. The second-order valence-corrected chi connectivity index (χ2v) is 9.85. The van der Waals surface area contributed by atoms with Gasteiger partial charge in [0.2, 0.25) is 0 Å². The maximum Gasteiger partial charge on any atom is -0.00296 e. The second-order valence-electron chi connectivity index (χ2n) is 9.85. The van der Waals surface area contributed by atoms with Crippen molar-refractivity contribution >= 4 is 45.8 Å². The van der Waals surface area contributed by atoms with Crippen molar-refractivity contribution in [3.63, 3.8) is 0 Å². The molecule has 0 saturated heterocycles. The van der Waals surface area contributed by atoms with E-state index in [-0.39, 0.29) is 0 Å². The maximum atomic E-state index is 4.23. The SMILES string of the molecule is C=Cc1c(/C=C\C)c2ccccc2c2ccc(-c3cc4c(C)c(c3-c3cccc(C)c3)C=CC=C4)cc12. The molecule has 0 nitrogen and oxygen atoms in total. The Morgan fingerprint density at radius 2 is 1.46 bits per heavy atom. The fourth-order valence-electron chi connectivity index (χ4n) is 5.83. The van der Waals surface area contributed by atoms with Crippen LogP contribution in [0.1, 0.15) is 40.3 Å². The smallest absolute Gasteiger partial charge is 0.00296 e. The second kappa shape index (κ2) is 9.22. The summed E-state index contributed by atoms with van der Waals surface area (Å²) < 4.78 is 0. The van der Waals surface area contributed by atoms with Gasteiger partial charge in [-0.2, -0.15) is 0 Å². The Labute approximate surface area is 219 Å². The minimum atomic E-state index is 1.18. The van der Waals surface area contributed by atoms with Gasteiger partial charge in [0.05, 0.1) is 0 Å². The van der Waals surface area contributed by atoms with E-state index in [4.69, 9.17) is 0 Å². The number of fused-ring (bicyclic) bond motifs is 5. The quantitative estimate of drug-likeness (QED) is 0.227. The Bertz CT molecular complexity index is 1800. The Morgan fingerprint density at radius 1 is 0.676 bits per heavy atom. The van der Waals surface area contributed by atoms with E-state index in [0.29, 0.717) is 0 Å². The molecular weight excluding hydrogens is 444 g/mol. The van der Waals surface area contributed by atoms with Crippen LogP contribution in [0.2, 0.25) is 0 Å². The number of allylic oxidation sites excluding steroid dienone is 3. The highest BCUT2D eigenvalue weighted by Crippen LogP contribution is 2.43. The summed E-state index contributed by atoms with van der Waals surface area (Å²) in [6.45, 7) is 10.7. The van der Waals surface area contributed by atoms with Gasteiger partial charge in [-0.15, -0.1) is 0 Å². The van der Waals surface area contributed by atoms with Crippen molar-refractivity contribution in [2.75, 3.05) is 0 Å². The normalized spacial score (nSPS) is 12.5. The molecule has 0 amide bonds. The molecule has 0 fully saturated rings. The van der Waals surface area contributed by atoms with Crippen molar-refractivity contribution in [1.29, 1.82) is 0 Å². The van der Waals surface area contributed by atoms with Crippen LogP contribution in [0.25, 0.3) is 68.1 Å². The lowest BCUT2D eigenvalue weighted by molar-refractivity contribution is 1.40. The van der Waals surface area contributed by atoms with Crippen LogP contribution >= 0.6 is 0 Å². The van der Waals surface area contributed by atoms with Crippen LogP contribution in [0.4, 0.5) is 0 Å². The highest BCUT2D eigenvalue weighted by Gasteiger charge is 2.19. The Hall–Kier alpha value is -4.42. The zero-order valence-corrected chi connectivity index (χ0v) is 21.7. The van der Waals surface area contributed by atoms with Gasteiger partial charge in [0, 0.05) is 0 Å². The molecule has 0 spiro atoms. The van der Waals surface area contributed by atoms with Gasteiger partial charge in [0.1, 0.15) is 0 Å². The summed E-state index contributed by atoms with van der Waals surface area (Å²) in [5.74, 6) is 0. The van der Waals surface area contributed by atoms with Gasteiger partial charge < -0.3 is 0 Å². The lowest BCUT2D eigenvalue weighted by atomic mass is 9.84. The van der Waals surface area contributed by atoms with Crippen LogP contribution in [0, 0.1) is 13.8 Å². The summed E-state index contributed by atoms with van der Waals surface area (Å²) in [6, 6.07) is 26.9. The number of rotatable bonds is 4.